The van der Waals surface area contributed by atoms with E-state index in [1.54, 1.807) is 36.3 Å². The summed E-state index contributed by atoms with van der Waals surface area (Å²) in [5, 5.41) is 11.2. The minimum atomic E-state index is -0.687. The van der Waals surface area contributed by atoms with Crippen molar-refractivity contribution in [2.24, 2.45) is 0 Å². The van der Waals surface area contributed by atoms with Gasteiger partial charge >= 0.3 is 0 Å². The standard InChI is InChI=1S/C28H27BrN2O4/c1-30(2)22-12-8-19(9-13-22)25-24(26(32)20-6-10-21(29)11-7-20)27(33)28(34)31(25)17-16-18-4-14-23(35-3)15-5-18/h4-15,25,32H,16-17H2,1-3H3/b26-24-. The number of hydrogen-bond acceptors (Lipinski definition) is 5. The third kappa shape index (κ3) is 5.10. The fraction of sp³-hybridized carbons (Fsp3) is 0.214. The van der Waals surface area contributed by atoms with Crippen molar-refractivity contribution in [2.45, 2.75) is 12.5 Å². The molecule has 0 spiro atoms. The van der Waals surface area contributed by atoms with Crippen LogP contribution in [0.1, 0.15) is 22.7 Å². The summed E-state index contributed by atoms with van der Waals surface area (Å²) in [6, 6.07) is 21.6. The Balaban J connectivity index is 1.74. The SMILES string of the molecule is COc1ccc(CCN2C(=O)C(=O)/C(=C(\O)c3ccc(Br)cc3)C2c2ccc(N(C)C)cc2)cc1. The predicted molar refractivity (Wildman–Crippen MR) is 141 cm³/mol. The zero-order valence-electron chi connectivity index (χ0n) is 19.9. The second-order valence-corrected chi connectivity index (χ2v) is 9.50. The Morgan fingerprint density at radius 1 is 0.971 bits per heavy atom. The minimum absolute atomic E-state index is 0.102. The number of aliphatic hydroxyl groups excluding tert-OH is 1. The molecule has 0 aromatic heterocycles. The van der Waals surface area contributed by atoms with Crippen LogP contribution in [0.15, 0.2) is 82.8 Å². The van der Waals surface area contributed by atoms with Gasteiger partial charge in [-0.25, -0.2) is 0 Å². The molecule has 1 atom stereocenters. The summed E-state index contributed by atoms with van der Waals surface area (Å²) in [5.74, 6) is -0.713. The van der Waals surface area contributed by atoms with Gasteiger partial charge in [-0.2, -0.15) is 0 Å². The second kappa shape index (κ2) is 10.4. The van der Waals surface area contributed by atoms with E-state index in [1.807, 2.05) is 67.5 Å². The summed E-state index contributed by atoms with van der Waals surface area (Å²) < 4.78 is 6.07. The minimum Gasteiger partial charge on any atom is -0.507 e. The normalized spacial score (nSPS) is 17.0. The number of nitrogens with zero attached hydrogens (tertiary/aromatic N) is 2. The number of rotatable bonds is 7. The maximum absolute atomic E-state index is 13.2. The molecule has 0 bridgehead atoms. The van der Waals surface area contributed by atoms with Gasteiger partial charge in [0, 0.05) is 36.4 Å². The van der Waals surface area contributed by atoms with Gasteiger partial charge < -0.3 is 19.6 Å². The molecule has 0 radical (unpaired) electrons. The summed E-state index contributed by atoms with van der Waals surface area (Å²) in [4.78, 5) is 29.9. The Kier molecular flexibility index (Phi) is 7.26. The Labute approximate surface area is 213 Å². The number of hydrogen-bond donors (Lipinski definition) is 1. The van der Waals surface area contributed by atoms with Crippen LogP contribution in [0.3, 0.4) is 0 Å². The molecular formula is C28H27BrN2O4. The molecule has 1 unspecified atom stereocenters. The third-order valence-corrected chi connectivity index (χ3v) is 6.71. The maximum atomic E-state index is 13.2. The van der Waals surface area contributed by atoms with Crippen molar-refractivity contribution in [2.75, 3.05) is 32.6 Å². The summed E-state index contributed by atoms with van der Waals surface area (Å²) >= 11 is 3.39. The number of ether oxygens (including phenoxy) is 1. The molecule has 1 amide bonds. The summed E-state index contributed by atoms with van der Waals surface area (Å²) in [6.45, 7) is 0.327. The largest absolute Gasteiger partial charge is 0.507 e. The lowest BCUT2D eigenvalue weighted by Crippen LogP contribution is -2.31. The second-order valence-electron chi connectivity index (χ2n) is 8.58. The Morgan fingerprint density at radius 3 is 2.17 bits per heavy atom. The number of methoxy groups -OCH3 is 1. The molecule has 1 fully saturated rings. The number of halogens is 1. The topological polar surface area (TPSA) is 70.1 Å². The Hall–Kier alpha value is -3.58. The average molecular weight is 535 g/mol. The van der Waals surface area contributed by atoms with Crippen molar-refractivity contribution in [3.8, 4) is 5.75 Å². The first-order valence-electron chi connectivity index (χ1n) is 11.2. The number of likely N-dealkylation sites (tertiary alicyclic amines) is 1. The van der Waals surface area contributed by atoms with E-state index in [0.717, 1.165) is 27.0 Å². The first-order valence-corrected chi connectivity index (χ1v) is 12.0. The lowest BCUT2D eigenvalue weighted by atomic mass is 9.95. The number of amides is 1. The van der Waals surface area contributed by atoms with Gasteiger partial charge in [0.15, 0.2) is 0 Å². The summed E-state index contributed by atoms with van der Waals surface area (Å²) in [5.41, 5.74) is 3.36. The lowest BCUT2D eigenvalue weighted by molar-refractivity contribution is -0.139. The van der Waals surface area contributed by atoms with E-state index in [-0.39, 0.29) is 11.3 Å². The van der Waals surface area contributed by atoms with E-state index < -0.39 is 17.7 Å². The van der Waals surface area contributed by atoms with Crippen molar-refractivity contribution >= 4 is 39.1 Å². The highest BCUT2D eigenvalue weighted by atomic mass is 79.9. The molecule has 1 N–H and O–H groups in total. The van der Waals surface area contributed by atoms with Crippen LogP contribution in [0.2, 0.25) is 0 Å². The van der Waals surface area contributed by atoms with Gasteiger partial charge in [-0.15, -0.1) is 0 Å². The fourth-order valence-corrected chi connectivity index (χ4v) is 4.48. The number of ketones is 1. The zero-order valence-corrected chi connectivity index (χ0v) is 21.5. The van der Waals surface area contributed by atoms with Gasteiger partial charge in [0.05, 0.1) is 18.7 Å². The molecule has 3 aromatic rings. The molecular weight excluding hydrogens is 508 g/mol. The van der Waals surface area contributed by atoms with Gasteiger partial charge in [0.25, 0.3) is 11.7 Å². The number of Topliss-reactive ketones (excluding diaryl/α,β-unsaturated/α-hetero) is 1. The first-order chi connectivity index (χ1) is 16.8. The van der Waals surface area contributed by atoms with Crippen LogP contribution in [-0.2, 0) is 16.0 Å². The molecule has 3 aromatic carbocycles. The van der Waals surface area contributed by atoms with Gasteiger partial charge in [0.2, 0.25) is 0 Å². The fourth-order valence-electron chi connectivity index (χ4n) is 4.22. The average Bonchev–Trinajstić information content (AvgIpc) is 3.12. The van der Waals surface area contributed by atoms with E-state index in [0.29, 0.717) is 18.5 Å². The predicted octanol–water partition coefficient (Wildman–Crippen LogP) is 5.19. The molecule has 4 rings (SSSR count). The highest BCUT2D eigenvalue weighted by Gasteiger charge is 2.45. The molecule has 180 valence electrons. The van der Waals surface area contributed by atoms with Crippen LogP contribution in [-0.4, -0.2) is 49.4 Å². The molecule has 35 heavy (non-hydrogen) atoms. The van der Waals surface area contributed by atoms with Gasteiger partial charge in [-0.3, -0.25) is 9.59 Å². The molecule has 1 aliphatic rings. The monoisotopic (exact) mass is 534 g/mol. The molecule has 6 nitrogen and oxygen atoms in total. The lowest BCUT2D eigenvalue weighted by Gasteiger charge is -2.26. The molecule has 1 aliphatic heterocycles. The van der Waals surface area contributed by atoms with Crippen molar-refractivity contribution in [1.29, 1.82) is 0 Å². The van der Waals surface area contributed by atoms with Crippen molar-refractivity contribution in [3.63, 3.8) is 0 Å². The number of carbonyl (C=O) groups excluding carboxylic acids is 2. The van der Waals surface area contributed by atoms with Crippen molar-refractivity contribution in [1.82, 2.24) is 4.90 Å². The smallest absolute Gasteiger partial charge is 0.295 e. The van der Waals surface area contributed by atoms with Crippen LogP contribution >= 0.6 is 15.9 Å². The Bertz CT molecular complexity index is 1250. The third-order valence-electron chi connectivity index (χ3n) is 6.18. The van der Waals surface area contributed by atoms with Crippen LogP contribution in [0.25, 0.3) is 5.76 Å². The van der Waals surface area contributed by atoms with Crippen LogP contribution in [0, 0.1) is 0 Å². The molecule has 7 heteroatoms. The highest BCUT2D eigenvalue weighted by Crippen LogP contribution is 2.40. The highest BCUT2D eigenvalue weighted by molar-refractivity contribution is 9.10. The summed E-state index contributed by atoms with van der Waals surface area (Å²) in [7, 11) is 5.51. The van der Waals surface area contributed by atoms with Gasteiger partial charge in [-0.1, -0.05) is 52.3 Å². The van der Waals surface area contributed by atoms with E-state index in [9.17, 15) is 14.7 Å². The number of aliphatic hydroxyl groups is 1. The summed E-state index contributed by atoms with van der Waals surface area (Å²) in [6.07, 6.45) is 0.557. The van der Waals surface area contributed by atoms with Crippen molar-refractivity contribution in [3.05, 3.63) is 99.5 Å². The Morgan fingerprint density at radius 2 is 1.60 bits per heavy atom. The quantitative estimate of drug-likeness (QED) is 0.256. The zero-order chi connectivity index (χ0) is 25.1. The number of benzene rings is 3. The van der Waals surface area contributed by atoms with E-state index in [2.05, 4.69) is 15.9 Å². The molecule has 1 heterocycles. The number of carbonyl (C=O) groups is 2. The first kappa shape index (κ1) is 24.5. The van der Waals surface area contributed by atoms with E-state index >= 15 is 0 Å². The van der Waals surface area contributed by atoms with Gasteiger partial charge in [-0.05, 0) is 53.9 Å². The number of anilines is 1. The van der Waals surface area contributed by atoms with Gasteiger partial charge in [0.1, 0.15) is 11.5 Å². The molecule has 0 aliphatic carbocycles. The van der Waals surface area contributed by atoms with Crippen LogP contribution in [0.4, 0.5) is 5.69 Å². The maximum Gasteiger partial charge on any atom is 0.295 e. The van der Waals surface area contributed by atoms with E-state index in [4.69, 9.17) is 4.74 Å². The van der Waals surface area contributed by atoms with Crippen molar-refractivity contribution < 1.29 is 19.4 Å². The van der Waals surface area contributed by atoms with Crippen LogP contribution < -0.4 is 9.64 Å². The van der Waals surface area contributed by atoms with E-state index in [1.165, 1.54) is 0 Å². The molecule has 0 saturated carbocycles. The van der Waals surface area contributed by atoms with Crippen LogP contribution in [0.5, 0.6) is 5.75 Å². The molecule has 1 saturated heterocycles.